The number of hydrogen-bond donors (Lipinski definition) is 1. The number of nitrogens with zero attached hydrogens (tertiary/aromatic N) is 2. The van der Waals surface area contributed by atoms with Gasteiger partial charge in [-0.3, -0.25) is 9.89 Å². The van der Waals surface area contributed by atoms with E-state index in [-0.39, 0.29) is 5.91 Å². The average Bonchev–Trinajstić information content (AvgIpc) is 2.90. The van der Waals surface area contributed by atoms with Crippen LogP contribution >= 0.6 is 0 Å². The lowest BCUT2D eigenvalue weighted by atomic mass is 10.0. The molecule has 1 aromatic carbocycles. The molecule has 0 spiro atoms. The number of nitrogens with one attached hydrogen (secondary N) is 1. The molecule has 0 saturated heterocycles. The van der Waals surface area contributed by atoms with Crippen molar-refractivity contribution in [3.8, 4) is 0 Å². The van der Waals surface area contributed by atoms with Crippen LogP contribution < -0.4 is 0 Å². The summed E-state index contributed by atoms with van der Waals surface area (Å²) in [5.41, 5.74) is 3.51. The van der Waals surface area contributed by atoms with Crippen molar-refractivity contribution in [2.75, 3.05) is 7.05 Å². The van der Waals surface area contributed by atoms with Gasteiger partial charge in [0.15, 0.2) is 0 Å². The van der Waals surface area contributed by atoms with Gasteiger partial charge in [-0.25, -0.2) is 0 Å². The maximum atomic E-state index is 12.0. The fourth-order valence-electron chi connectivity index (χ4n) is 2.05. The Balaban J connectivity index is 1.86. The molecular formula is C15H19N3O. The van der Waals surface area contributed by atoms with Crippen LogP contribution in [-0.4, -0.2) is 28.1 Å². The quantitative estimate of drug-likeness (QED) is 0.893. The van der Waals surface area contributed by atoms with Crippen molar-refractivity contribution in [3.05, 3.63) is 53.3 Å². The molecule has 4 nitrogen and oxygen atoms in total. The van der Waals surface area contributed by atoms with Gasteiger partial charge in [-0.05, 0) is 24.5 Å². The molecule has 0 atom stereocenters. The molecule has 0 bridgehead atoms. The van der Waals surface area contributed by atoms with Crippen molar-refractivity contribution in [3.63, 3.8) is 0 Å². The highest BCUT2D eigenvalue weighted by Gasteiger charge is 2.10. The summed E-state index contributed by atoms with van der Waals surface area (Å²) in [6, 6.07) is 8.20. The highest BCUT2D eigenvalue weighted by molar-refractivity contribution is 5.76. The second kappa shape index (κ2) is 6.18. The molecule has 19 heavy (non-hydrogen) atoms. The summed E-state index contributed by atoms with van der Waals surface area (Å²) in [6.45, 7) is 2.68. The van der Waals surface area contributed by atoms with Gasteiger partial charge in [-0.2, -0.15) is 5.10 Å². The van der Waals surface area contributed by atoms with Crippen LogP contribution in [-0.2, 0) is 17.8 Å². The Kier molecular flexibility index (Phi) is 4.34. The zero-order chi connectivity index (χ0) is 13.7. The molecule has 0 aliphatic heterocycles. The van der Waals surface area contributed by atoms with Crippen LogP contribution in [0.15, 0.2) is 36.7 Å². The predicted octanol–water partition coefficient (Wildman–Crippen LogP) is 2.31. The van der Waals surface area contributed by atoms with Gasteiger partial charge in [-0.15, -0.1) is 0 Å². The van der Waals surface area contributed by atoms with E-state index in [1.54, 1.807) is 11.1 Å². The zero-order valence-corrected chi connectivity index (χ0v) is 11.4. The third-order valence-electron chi connectivity index (χ3n) is 3.27. The van der Waals surface area contributed by atoms with E-state index in [1.807, 2.05) is 25.4 Å². The molecule has 1 aromatic heterocycles. The molecule has 2 aromatic rings. The van der Waals surface area contributed by atoms with E-state index in [4.69, 9.17) is 0 Å². The van der Waals surface area contributed by atoms with Crippen molar-refractivity contribution < 1.29 is 4.79 Å². The van der Waals surface area contributed by atoms with Crippen LogP contribution in [0.2, 0.25) is 0 Å². The number of carbonyl (C=O) groups excluding carboxylic acids is 1. The molecule has 0 saturated carbocycles. The van der Waals surface area contributed by atoms with E-state index < -0.39 is 0 Å². The van der Waals surface area contributed by atoms with Gasteiger partial charge in [0.2, 0.25) is 5.91 Å². The number of rotatable bonds is 5. The number of carbonyl (C=O) groups is 1. The SMILES string of the molecule is Cc1ccccc1CCC(=O)N(C)Cc1cn[nH]c1. The monoisotopic (exact) mass is 257 g/mol. The lowest BCUT2D eigenvalue weighted by Crippen LogP contribution is -2.26. The first kappa shape index (κ1) is 13.3. The number of aryl methyl sites for hydroxylation is 2. The Labute approximate surface area is 113 Å². The summed E-state index contributed by atoms with van der Waals surface area (Å²) in [7, 11) is 1.83. The maximum Gasteiger partial charge on any atom is 0.222 e. The summed E-state index contributed by atoms with van der Waals surface area (Å²) in [5, 5.41) is 6.63. The first-order chi connectivity index (χ1) is 9.16. The fourth-order valence-corrected chi connectivity index (χ4v) is 2.05. The number of amides is 1. The number of aromatic amines is 1. The van der Waals surface area contributed by atoms with Gasteiger partial charge in [0.05, 0.1) is 6.20 Å². The molecule has 2 rings (SSSR count). The van der Waals surface area contributed by atoms with Crippen LogP contribution in [0.5, 0.6) is 0 Å². The third-order valence-corrected chi connectivity index (χ3v) is 3.27. The van der Waals surface area contributed by atoms with Crippen LogP contribution in [0.1, 0.15) is 23.1 Å². The second-order valence-corrected chi connectivity index (χ2v) is 4.78. The molecule has 1 heterocycles. The van der Waals surface area contributed by atoms with E-state index in [0.29, 0.717) is 13.0 Å². The summed E-state index contributed by atoms with van der Waals surface area (Å²) in [4.78, 5) is 13.8. The molecule has 0 aliphatic rings. The molecule has 1 amide bonds. The molecule has 0 radical (unpaired) electrons. The Morgan fingerprint density at radius 3 is 2.84 bits per heavy atom. The first-order valence-corrected chi connectivity index (χ1v) is 6.43. The van der Waals surface area contributed by atoms with Gasteiger partial charge in [0.1, 0.15) is 0 Å². The van der Waals surface area contributed by atoms with Crippen LogP contribution in [0, 0.1) is 6.92 Å². The maximum absolute atomic E-state index is 12.0. The second-order valence-electron chi connectivity index (χ2n) is 4.78. The van der Waals surface area contributed by atoms with Gasteiger partial charge < -0.3 is 4.90 Å². The molecule has 0 fully saturated rings. The molecule has 100 valence electrons. The van der Waals surface area contributed by atoms with Gasteiger partial charge >= 0.3 is 0 Å². The van der Waals surface area contributed by atoms with Gasteiger partial charge in [0.25, 0.3) is 0 Å². The minimum absolute atomic E-state index is 0.157. The van der Waals surface area contributed by atoms with Crippen molar-refractivity contribution >= 4 is 5.91 Å². The summed E-state index contributed by atoms with van der Waals surface area (Å²) in [6.07, 6.45) is 4.89. The Morgan fingerprint density at radius 2 is 2.16 bits per heavy atom. The molecular weight excluding hydrogens is 238 g/mol. The van der Waals surface area contributed by atoms with E-state index >= 15 is 0 Å². The Morgan fingerprint density at radius 1 is 1.37 bits per heavy atom. The zero-order valence-electron chi connectivity index (χ0n) is 11.4. The fraction of sp³-hybridized carbons (Fsp3) is 0.333. The van der Waals surface area contributed by atoms with E-state index in [2.05, 4.69) is 29.3 Å². The Hall–Kier alpha value is -2.10. The summed E-state index contributed by atoms with van der Waals surface area (Å²) < 4.78 is 0. The minimum atomic E-state index is 0.157. The minimum Gasteiger partial charge on any atom is -0.341 e. The van der Waals surface area contributed by atoms with Crippen molar-refractivity contribution in [1.29, 1.82) is 0 Å². The first-order valence-electron chi connectivity index (χ1n) is 6.43. The van der Waals surface area contributed by atoms with E-state index in [0.717, 1.165) is 12.0 Å². The predicted molar refractivity (Wildman–Crippen MR) is 74.6 cm³/mol. The van der Waals surface area contributed by atoms with Crippen LogP contribution in [0.25, 0.3) is 0 Å². The number of H-pyrrole nitrogens is 1. The lowest BCUT2D eigenvalue weighted by Gasteiger charge is -2.16. The van der Waals surface area contributed by atoms with Gasteiger partial charge in [0, 0.05) is 31.8 Å². The van der Waals surface area contributed by atoms with E-state index in [1.165, 1.54) is 11.1 Å². The normalized spacial score (nSPS) is 10.4. The van der Waals surface area contributed by atoms with Crippen LogP contribution in [0.3, 0.4) is 0 Å². The smallest absolute Gasteiger partial charge is 0.222 e. The highest BCUT2D eigenvalue weighted by Crippen LogP contribution is 2.11. The average molecular weight is 257 g/mol. The summed E-state index contributed by atoms with van der Waals surface area (Å²) in [5.74, 6) is 0.157. The Bertz CT molecular complexity index is 534. The molecule has 0 aliphatic carbocycles. The third kappa shape index (κ3) is 3.68. The van der Waals surface area contributed by atoms with Crippen molar-refractivity contribution in [2.24, 2.45) is 0 Å². The van der Waals surface area contributed by atoms with Crippen LogP contribution in [0.4, 0.5) is 0 Å². The lowest BCUT2D eigenvalue weighted by molar-refractivity contribution is -0.130. The number of hydrogen-bond acceptors (Lipinski definition) is 2. The largest absolute Gasteiger partial charge is 0.341 e. The standard InChI is InChI=1S/C15H19N3O/c1-12-5-3-4-6-14(12)7-8-15(19)18(2)11-13-9-16-17-10-13/h3-6,9-10H,7-8,11H2,1-2H3,(H,16,17). The van der Waals surface area contributed by atoms with Crippen molar-refractivity contribution in [2.45, 2.75) is 26.3 Å². The summed E-state index contributed by atoms with van der Waals surface area (Å²) >= 11 is 0. The van der Waals surface area contributed by atoms with E-state index in [9.17, 15) is 4.79 Å². The molecule has 1 N–H and O–H groups in total. The molecule has 4 heteroatoms. The topological polar surface area (TPSA) is 49.0 Å². The van der Waals surface area contributed by atoms with Crippen molar-refractivity contribution in [1.82, 2.24) is 15.1 Å². The molecule has 0 unspecified atom stereocenters. The van der Waals surface area contributed by atoms with Gasteiger partial charge in [-0.1, -0.05) is 24.3 Å². The number of benzene rings is 1. The highest BCUT2D eigenvalue weighted by atomic mass is 16.2. The number of aromatic nitrogens is 2.